The highest BCUT2D eigenvalue weighted by Gasteiger charge is 2.53. The Morgan fingerprint density at radius 2 is 1.59 bits per heavy atom. The van der Waals surface area contributed by atoms with Gasteiger partial charge in [0.25, 0.3) is 11.5 Å². The molecule has 0 bridgehead atoms. The summed E-state index contributed by atoms with van der Waals surface area (Å²) in [6, 6.07) is 6.66. The van der Waals surface area contributed by atoms with Crippen LogP contribution in [0.3, 0.4) is 0 Å². The second kappa shape index (κ2) is 8.78. The number of anilines is 1. The van der Waals surface area contributed by atoms with E-state index >= 15 is 0 Å². The molecule has 0 aliphatic heterocycles. The first-order valence-electron chi connectivity index (χ1n) is 7.45. The molecule has 156 valence electrons. The zero-order valence-electron chi connectivity index (χ0n) is 13.9. The average molecular weight is 490 g/mol. The highest BCUT2D eigenvalue weighted by Crippen LogP contribution is 2.36. The lowest BCUT2D eigenvalue weighted by Gasteiger charge is -2.17. The minimum atomic E-state index is -5.49. The van der Waals surface area contributed by atoms with Crippen molar-refractivity contribution in [1.29, 1.82) is 0 Å². The van der Waals surface area contributed by atoms with Crippen LogP contribution in [-0.4, -0.2) is 31.2 Å². The van der Waals surface area contributed by atoms with Crippen molar-refractivity contribution in [3.63, 3.8) is 0 Å². The minimum absolute atomic E-state index is 0.0278. The lowest BCUT2D eigenvalue weighted by atomic mass is 10.2. The number of carbonyl (C=O) groups excluding carboxylic acids is 2. The Morgan fingerprint density at radius 3 is 2.14 bits per heavy atom. The van der Waals surface area contributed by atoms with Gasteiger partial charge in [-0.05, 0) is 30.3 Å². The minimum Gasteiger partial charge on any atom is -0.308 e. The van der Waals surface area contributed by atoms with Crippen LogP contribution in [0.2, 0.25) is 10.0 Å². The van der Waals surface area contributed by atoms with Crippen LogP contribution in [-0.2, 0) is 9.84 Å². The standard InChI is InChI=1S/C16H10Cl3F3N2O4S/c17-10-5-2-6-11(18)12(10)13(25)24-15(26)23-8-3-1-4-9(7-8)29(27,28)16(21,22)14(19)20/h1-7,14H,(H2,23,24,25,26). The van der Waals surface area contributed by atoms with E-state index in [1.54, 1.807) is 0 Å². The molecule has 0 spiro atoms. The van der Waals surface area contributed by atoms with Gasteiger partial charge in [0.15, 0.2) is 0 Å². The molecule has 0 saturated heterocycles. The SMILES string of the molecule is O=C(NC(=O)c1c(Cl)cccc1Cl)Nc1cccc(S(=O)(=O)C(F)(F)C(F)Cl)c1. The van der Waals surface area contributed by atoms with Gasteiger partial charge in [0, 0.05) is 5.69 Å². The molecule has 29 heavy (non-hydrogen) atoms. The number of hydrogen-bond donors (Lipinski definition) is 2. The number of sulfone groups is 1. The number of alkyl halides is 4. The van der Waals surface area contributed by atoms with E-state index in [1.807, 2.05) is 5.32 Å². The molecular weight excluding hydrogens is 480 g/mol. The summed E-state index contributed by atoms with van der Waals surface area (Å²) in [5.41, 5.74) is -3.94. The van der Waals surface area contributed by atoms with Gasteiger partial charge in [-0.25, -0.2) is 17.6 Å². The molecule has 6 nitrogen and oxygen atoms in total. The number of nitrogens with one attached hydrogen (secondary N) is 2. The van der Waals surface area contributed by atoms with Gasteiger partial charge >= 0.3 is 11.3 Å². The van der Waals surface area contributed by atoms with E-state index in [0.29, 0.717) is 6.07 Å². The number of benzene rings is 2. The van der Waals surface area contributed by atoms with E-state index in [2.05, 4.69) is 16.9 Å². The molecule has 3 amide bonds. The quantitative estimate of drug-likeness (QED) is 0.587. The van der Waals surface area contributed by atoms with Crippen molar-refractivity contribution >= 4 is 62.3 Å². The predicted octanol–water partition coefficient (Wildman–Crippen LogP) is 4.86. The molecule has 2 rings (SSSR count). The lowest BCUT2D eigenvalue weighted by Crippen LogP contribution is -2.36. The highest BCUT2D eigenvalue weighted by atomic mass is 35.5. The third-order valence-corrected chi connectivity index (χ3v) is 6.26. The van der Waals surface area contributed by atoms with Crippen LogP contribution in [0.1, 0.15) is 10.4 Å². The normalized spacial score (nSPS) is 12.9. The van der Waals surface area contributed by atoms with Crippen molar-refractivity contribution in [2.24, 2.45) is 0 Å². The van der Waals surface area contributed by atoms with Crippen molar-refractivity contribution < 1.29 is 31.2 Å². The van der Waals surface area contributed by atoms with E-state index in [-0.39, 0.29) is 21.3 Å². The number of carbonyl (C=O) groups is 2. The van der Waals surface area contributed by atoms with Gasteiger partial charge in [-0.1, -0.05) is 46.9 Å². The summed E-state index contributed by atoms with van der Waals surface area (Å²) < 4.78 is 63.8. The van der Waals surface area contributed by atoms with Gasteiger partial charge in [-0.3, -0.25) is 10.1 Å². The van der Waals surface area contributed by atoms with Crippen LogP contribution in [0, 0.1) is 0 Å². The molecule has 0 radical (unpaired) electrons. The number of imide groups is 1. The molecule has 0 aromatic heterocycles. The average Bonchev–Trinajstić information content (AvgIpc) is 2.61. The molecule has 13 heteroatoms. The van der Waals surface area contributed by atoms with Crippen molar-refractivity contribution in [2.75, 3.05) is 5.32 Å². The van der Waals surface area contributed by atoms with Gasteiger partial charge in [-0.15, -0.1) is 0 Å². The van der Waals surface area contributed by atoms with Crippen molar-refractivity contribution in [2.45, 2.75) is 15.8 Å². The number of rotatable bonds is 5. The molecule has 2 aromatic carbocycles. The molecule has 1 unspecified atom stereocenters. The molecule has 0 aliphatic carbocycles. The molecule has 0 heterocycles. The zero-order valence-corrected chi connectivity index (χ0v) is 17.0. The molecule has 0 aliphatic rings. The molecule has 0 fully saturated rings. The Balaban J connectivity index is 2.21. The summed E-state index contributed by atoms with van der Waals surface area (Å²) in [5.74, 6) is -0.962. The van der Waals surface area contributed by atoms with Crippen LogP contribution in [0.4, 0.5) is 23.7 Å². The summed E-state index contributed by atoms with van der Waals surface area (Å²) in [6.45, 7) is 0. The number of urea groups is 1. The lowest BCUT2D eigenvalue weighted by molar-refractivity contribution is 0.0423. The van der Waals surface area contributed by atoms with E-state index < -0.39 is 37.6 Å². The first kappa shape index (κ1) is 23.3. The largest absolute Gasteiger partial charge is 0.393 e. The van der Waals surface area contributed by atoms with Gasteiger partial charge in [0.1, 0.15) is 0 Å². The summed E-state index contributed by atoms with van der Waals surface area (Å²) in [7, 11) is -5.49. The Morgan fingerprint density at radius 1 is 1.03 bits per heavy atom. The summed E-state index contributed by atoms with van der Waals surface area (Å²) >= 11 is 16.3. The van der Waals surface area contributed by atoms with Gasteiger partial charge in [0.2, 0.25) is 9.84 Å². The smallest absolute Gasteiger partial charge is 0.308 e. The third-order valence-electron chi connectivity index (χ3n) is 3.43. The van der Waals surface area contributed by atoms with E-state index in [4.69, 9.17) is 23.2 Å². The molecule has 2 N–H and O–H groups in total. The monoisotopic (exact) mass is 488 g/mol. The number of halogens is 6. The van der Waals surface area contributed by atoms with Crippen LogP contribution in [0.5, 0.6) is 0 Å². The highest BCUT2D eigenvalue weighted by molar-refractivity contribution is 7.92. The van der Waals surface area contributed by atoms with Crippen LogP contribution >= 0.6 is 34.8 Å². The number of amides is 3. The number of hydrogen-bond acceptors (Lipinski definition) is 4. The van der Waals surface area contributed by atoms with E-state index in [0.717, 1.165) is 18.2 Å². The Kier molecular flexibility index (Phi) is 7.05. The third kappa shape index (κ3) is 4.95. The molecular formula is C16H10Cl3F3N2O4S. The van der Waals surface area contributed by atoms with Crippen molar-refractivity contribution in [1.82, 2.24) is 5.32 Å². The Labute approximate surface area is 177 Å². The molecule has 1 atom stereocenters. The molecule has 0 saturated carbocycles. The van der Waals surface area contributed by atoms with Crippen molar-refractivity contribution in [3.05, 3.63) is 58.1 Å². The topological polar surface area (TPSA) is 92.3 Å². The fourth-order valence-corrected chi connectivity index (χ4v) is 4.07. The van der Waals surface area contributed by atoms with E-state index in [1.165, 1.54) is 18.2 Å². The van der Waals surface area contributed by atoms with Crippen LogP contribution in [0.15, 0.2) is 47.4 Å². The summed E-state index contributed by atoms with van der Waals surface area (Å²) in [6.07, 6.45) is 0. The van der Waals surface area contributed by atoms with Crippen molar-refractivity contribution in [3.8, 4) is 0 Å². The maximum atomic E-state index is 13.6. The molecule has 2 aromatic rings. The van der Waals surface area contributed by atoms with E-state index in [9.17, 15) is 31.2 Å². The fourth-order valence-electron chi connectivity index (χ4n) is 2.06. The zero-order chi connectivity index (χ0) is 22.0. The first-order valence-corrected chi connectivity index (χ1v) is 10.1. The second-order valence-electron chi connectivity index (χ2n) is 5.40. The maximum Gasteiger partial charge on any atom is 0.393 e. The maximum absolute atomic E-state index is 13.6. The van der Waals surface area contributed by atoms with Gasteiger partial charge < -0.3 is 5.32 Å². The van der Waals surface area contributed by atoms with Gasteiger partial charge in [-0.2, -0.15) is 8.78 Å². The fraction of sp³-hybridized carbons (Fsp3) is 0.125. The summed E-state index contributed by atoms with van der Waals surface area (Å²) in [4.78, 5) is 23.1. The first-order chi connectivity index (χ1) is 13.4. The second-order valence-corrected chi connectivity index (χ2v) is 8.62. The van der Waals surface area contributed by atoms with Gasteiger partial charge in [0.05, 0.1) is 20.5 Å². The Hall–Kier alpha value is -2.01. The van der Waals surface area contributed by atoms with Crippen LogP contribution in [0.25, 0.3) is 0 Å². The van der Waals surface area contributed by atoms with Crippen LogP contribution < -0.4 is 10.6 Å². The Bertz CT molecular complexity index is 1040. The predicted molar refractivity (Wildman–Crippen MR) is 102 cm³/mol. The summed E-state index contributed by atoms with van der Waals surface area (Å²) in [5, 5.41) is -0.974.